The van der Waals surface area contributed by atoms with Crippen molar-refractivity contribution in [3.8, 4) is 0 Å². The van der Waals surface area contributed by atoms with Crippen LogP contribution in [0.25, 0.3) is 0 Å². The number of hydrogen-bond acceptors (Lipinski definition) is 6. The van der Waals surface area contributed by atoms with E-state index in [1.807, 2.05) is 38.7 Å². The number of carbonyl (C=O) groups excluding carboxylic acids is 3. The summed E-state index contributed by atoms with van der Waals surface area (Å²) in [5, 5.41) is 9.26. The number of benzene rings is 1. The molecule has 1 aliphatic carbocycles. The van der Waals surface area contributed by atoms with E-state index in [-0.39, 0.29) is 42.0 Å². The predicted octanol–water partition coefficient (Wildman–Crippen LogP) is 4.24. The van der Waals surface area contributed by atoms with E-state index in [2.05, 4.69) is 15.5 Å². The van der Waals surface area contributed by atoms with Gasteiger partial charge in [-0.3, -0.25) is 19.2 Å². The minimum absolute atomic E-state index is 0.0694. The first kappa shape index (κ1) is 30.5. The van der Waals surface area contributed by atoms with Gasteiger partial charge in [-0.2, -0.15) is 5.10 Å². The molecular formula is C32H44N4O5. The minimum Gasteiger partial charge on any atom is -0.466 e. The number of amides is 2. The largest absolute Gasteiger partial charge is 0.466 e. The molecule has 9 heteroatoms. The number of hydrogen-bond donors (Lipinski definition) is 2. The number of nitrogens with zero attached hydrogens (tertiary/aromatic N) is 2. The molecule has 0 spiro atoms. The number of rotatable bonds is 9. The molecule has 2 fully saturated rings. The van der Waals surface area contributed by atoms with Crippen LogP contribution in [0.15, 0.2) is 29.1 Å². The summed E-state index contributed by atoms with van der Waals surface area (Å²) >= 11 is 0. The fourth-order valence-corrected chi connectivity index (χ4v) is 6.62. The Bertz CT molecular complexity index is 1330. The van der Waals surface area contributed by atoms with Crippen LogP contribution in [0.2, 0.25) is 0 Å². The summed E-state index contributed by atoms with van der Waals surface area (Å²) in [5.41, 5.74) is 2.54. The predicted molar refractivity (Wildman–Crippen MR) is 157 cm³/mol. The van der Waals surface area contributed by atoms with E-state index in [1.165, 1.54) is 6.42 Å². The van der Waals surface area contributed by atoms with Crippen molar-refractivity contribution >= 4 is 17.8 Å². The number of esters is 1. The average Bonchev–Trinajstić information content (AvgIpc) is 3.41. The summed E-state index contributed by atoms with van der Waals surface area (Å²) in [6, 6.07) is 6.90. The van der Waals surface area contributed by atoms with Gasteiger partial charge in [-0.15, -0.1) is 0 Å². The Balaban J connectivity index is 1.47. The third-order valence-electron chi connectivity index (χ3n) is 8.94. The van der Waals surface area contributed by atoms with E-state index in [1.54, 1.807) is 25.1 Å². The Morgan fingerprint density at radius 2 is 1.78 bits per heavy atom. The van der Waals surface area contributed by atoms with Crippen LogP contribution >= 0.6 is 0 Å². The fourth-order valence-electron chi connectivity index (χ4n) is 6.62. The molecule has 1 saturated carbocycles. The van der Waals surface area contributed by atoms with Gasteiger partial charge in [-0.25, -0.2) is 5.10 Å². The standard InChI is InChI=1S/C32H44N4O5/c1-6-41-31(40)32(4,5)27-15-14-26(22-10-8-7-9-11-22)36(27)28(37)19-33-29(38)24-13-12-23(20(2)16-24)18-25-17-21(3)34-35-30(25)39/h12-13,16-17,22,26-27H,6-11,14-15,18-19H2,1-5H3,(H,33,38)(H,35,39)/t26-,27+/m0/s1. The summed E-state index contributed by atoms with van der Waals surface area (Å²) in [6.45, 7) is 9.40. The lowest BCUT2D eigenvalue weighted by Gasteiger charge is -2.41. The molecule has 1 saturated heterocycles. The molecule has 2 aliphatic rings. The first-order valence-electron chi connectivity index (χ1n) is 14.9. The van der Waals surface area contributed by atoms with Crippen molar-refractivity contribution in [1.82, 2.24) is 20.4 Å². The molecule has 0 bridgehead atoms. The minimum atomic E-state index is -0.846. The van der Waals surface area contributed by atoms with Crippen molar-refractivity contribution in [3.63, 3.8) is 0 Å². The van der Waals surface area contributed by atoms with Crippen LogP contribution in [0.4, 0.5) is 0 Å². The van der Waals surface area contributed by atoms with Crippen molar-refractivity contribution in [2.45, 2.75) is 98.1 Å². The number of carbonyl (C=O) groups is 3. The van der Waals surface area contributed by atoms with E-state index in [9.17, 15) is 19.2 Å². The van der Waals surface area contributed by atoms with Crippen LogP contribution in [0.3, 0.4) is 0 Å². The highest BCUT2D eigenvalue weighted by Crippen LogP contribution is 2.43. The number of nitrogens with one attached hydrogen (secondary N) is 2. The second-order valence-electron chi connectivity index (χ2n) is 12.2. The Hall–Kier alpha value is -3.49. The molecule has 2 aromatic rings. The number of aryl methyl sites for hydroxylation is 2. The van der Waals surface area contributed by atoms with Gasteiger partial charge in [-0.1, -0.05) is 25.3 Å². The number of H-pyrrole nitrogens is 1. The van der Waals surface area contributed by atoms with E-state index in [0.717, 1.165) is 55.3 Å². The van der Waals surface area contributed by atoms with E-state index >= 15 is 0 Å². The number of likely N-dealkylation sites (tertiary alicyclic amines) is 1. The van der Waals surface area contributed by atoms with Gasteiger partial charge >= 0.3 is 5.97 Å². The third-order valence-corrected chi connectivity index (χ3v) is 8.94. The van der Waals surface area contributed by atoms with Gasteiger partial charge in [0.2, 0.25) is 5.91 Å². The Morgan fingerprint density at radius 1 is 1.05 bits per heavy atom. The van der Waals surface area contributed by atoms with Crippen LogP contribution in [-0.4, -0.2) is 58.1 Å². The van der Waals surface area contributed by atoms with Crippen LogP contribution < -0.4 is 10.9 Å². The maximum Gasteiger partial charge on any atom is 0.313 e. The van der Waals surface area contributed by atoms with Crippen molar-refractivity contribution in [1.29, 1.82) is 0 Å². The van der Waals surface area contributed by atoms with Gasteiger partial charge in [0, 0.05) is 29.6 Å². The van der Waals surface area contributed by atoms with Crippen molar-refractivity contribution in [2.24, 2.45) is 11.3 Å². The molecule has 1 aromatic heterocycles. The topological polar surface area (TPSA) is 121 Å². The molecule has 2 N–H and O–H groups in total. The molecule has 0 unspecified atom stereocenters. The zero-order valence-electron chi connectivity index (χ0n) is 25.0. The number of ether oxygens (including phenoxy) is 1. The first-order valence-corrected chi connectivity index (χ1v) is 14.9. The van der Waals surface area contributed by atoms with Gasteiger partial charge in [-0.05, 0) is 95.5 Å². The molecule has 0 radical (unpaired) electrons. The number of aromatic nitrogens is 2. The summed E-state index contributed by atoms with van der Waals surface area (Å²) in [5.74, 6) is -0.372. The maximum atomic E-state index is 13.8. The maximum absolute atomic E-state index is 13.8. The number of aromatic amines is 1. The first-order chi connectivity index (χ1) is 19.5. The smallest absolute Gasteiger partial charge is 0.313 e. The highest BCUT2D eigenvalue weighted by atomic mass is 16.5. The lowest BCUT2D eigenvalue weighted by Crippen LogP contribution is -2.55. The molecule has 1 aliphatic heterocycles. The summed E-state index contributed by atoms with van der Waals surface area (Å²) < 4.78 is 5.39. The van der Waals surface area contributed by atoms with E-state index in [4.69, 9.17) is 4.74 Å². The van der Waals surface area contributed by atoms with E-state index in [0.29, 0.717) is 30.1 Å². The van der Waals surface area contributed by atoms with Crippen LogP contribution in [-0.2, 0) is 20.7 Å². The van der Waals surface area contributed by atoms with Crippen LogP contribution in [0.5, 0.6) is 0 Å². The van der Waals surface area contributed by atoms with Crippen LogP contribution in [0.1, 0.15) is 98.5 Å². The molecule has 222 valence electrons. The molecule has 2 amide bonds. The van der Waals surface area contributed by atoms with Crippen molar-refractivity contribution in [3.05, 3.63) is 62.6 Å². The molecular weight excluding hydrogens is 520 g/mol. The second-order valence-corrected chi connectivity index (χ2v) is 12.2. The Morgan fingerprint density at radius 3 is 2.46 bits per heavy atom. The molecule has 41 heavy (non-hydrogen) atoms. The highest BCUT2D eigenvalue weighted by Gasteiger charge is 2.50. The van der Waals surface area contributed by atoms with Gasteiger partial charge < -0.3 is 15.0 Å². The average molecular weight is 565 g/mol. The monoisotopic (exact) mass is 564 g/mol. The highest BCUT2D eigenvalue weighted by molar-refractivity contribution is 5.97. The van der Waals surface area contributed by atoms with Gasteiger partial charge in [0.05, 0.1) is 24.3 Å². The zero-order chi connectivity index (χ0) is 29.7. The Labute approximate surface area is 242 Å². The third kappa shape index (κ3) is 6.88. The molecule has 2 heterocycles. The molecule has 4 rings (SSSR count). The molecule has 1 aromatic carbocycles. The van der Waals surface area contributed by atoms with Crippen molar-refractivity contribution < 1.29 is 19.1 Å². The normalized spacial score (nSPS) is 19.7. The quantitative estimate of drug-likeness (QED) is 0.440. The van der Waals surface area contributed by atoms with Gasteiger partial charge in [0.1, 0.15) is 0 Å². The van der Waals surface area contributed by atoms with Crippen molar-refractivity contribution in [2.75, 3.05) is 13.2 Å². The lowest BCUT2D eigenvalue weighted by molar-refractivity contribution is -0.159. The summed E-state index contributed by atoms with van der Waals surface area (Å²) in [6.07, 6.45) is 7.76. The van der Waals surface area contributed by atoms with Gasteiger partial charge in [0.15, 0.2) is 0 Å². The summed E-state index contributed by atoms with van der Waals surface area (Å²) in [4.78, 5) is 53.9. The fraction of sp³-hybridized carbons (Fsp3) is 0.594. The van der Waals surface area contributed by atoms with Crippen LogP contribution in [0, 0.1) is 25.2 Å². The summed E-state index contributed by atoms with van der Waals surface area (Å²) in [7, 11) is 0. The second kappa shape index (κ2) is 13.0. The molecule has 2 atom stereocenters. The van der Waals surface area contributed by atoms with E-state index < -0.39 is 5.41 Å². The van der Waals surface area contributed by atoms with Gasteiger partial charge in [0.25, 0.3) is 11.5 Å². The zero-order valence-corrected chi connectivity index (χ0v) is 25.0. The Kier molecular flexibility index (Phi) is 9.66. The SMILES string of the molecule is CCOC(=O)C(C)(C)[C@H]1CC[C@@H](C2CCCCC2)N1C(=O)CNC(=O)c1ccc(Cc2cc(C)n[nH]c2=O)c(C)c1. The molecule has 9 nitrogen and oxygen atoms in total. The lowest BCUT2D eigenvalue weighted by atomic mass is 9.82.